The Hall–Kier alpha value is -2.80. The molecule has 2 amide bonds. The second kappa shape index (κ2) is 11.6. The van der Waals surface area contributed by atoms with E-state index in [9.17, 15) is 19.2 Å². The molecule has 0 bridgehead atoms. The van der Waals surface area contributed by atoms with Crippen LogP contribution in [0.5, 0.6) is 0 Å². The van der Waals surface area contributed by atoms with Gasteiger partial charge in [0.1, 0.15) is 5.78 Å². The molecule has 6 nitrogen and oxygen atoms in total. The summed E-state index contributed by atoms with van der Waals surface area (Å²) in [5, 5.41) is 2.79. The summed E-state index contributed by atoms with van der Waals surface area (Å²) in [6.45, 7) is 6.17. The quantitative estimate of drug-likeness (QED) is 0.530. The summed E-state index contributed by atoms with van der Waals surface area (Å²) in [6.07, 6.45) is 0.555. The number of nitrogens with one attached hydrogen (secondary N) is 1. The summed E-state index contributed by atoms with van der Waals surface area (Å²) in [5.41, 5.74) is 1.48. The fourth-order valence-electron chi connectivity index (χ4n) is 2.83. The number of benzene rings is 1. The molecule has 0 atom stereocenters. The number of ketones is 2. The first-order valence-corrected chi connectivity index (χ1v) is 11.2. The molecule has 1 heterocycles. The van der Waals surface area contributed by atoms with E-state index in [0.717, 1.165) is 10.4 Å². The van der Waals surface area contributed by atoms with Crippen LogP contribution in [-0.4, -0.2) is 41.4 Å². The number of carbonyl (C=O) groups is 4. The molecular formula is C24H30N2O4S. The number of nitrogens with zero attached hydrogens (tertiary/aromatic N) is 1. The van der Waals surface area contributed by atoms with Crippen LogP contribution in [0.15, 0.2) is 36.4 Å². The van der Waals surface area contributed by atoms with Gasteiger partial charge in [-0.2, -0.15) is 0 Å². The molecule has 0 saturated heterocycles. The third kappa shape index (κ3) is 7.75. The molecule has 0 radical (unpaired) electrons. The van der Waals surface area contributed by atoms with Gasteiger partial charge in [0.15, 0.2) is 5.78 Å². The van der Waals surface area contributed by atoms with Crippen LogP contribution in [0.1, 0.15) is 70.0 Å². The number of Topliss-reactive ketones (excluding diaryl/α,β-unsaturated/α-hetero) is 2. The van der Waals surface area contributed by atoms with E-state index < -0.39 is 0 Å². The molecule has 0 fully saturated rings. The Morgan fingerprint density at radius 2 is 1.58 bits per heavy atom. The van der Waals surface area contributed by atoms with Gasteiger partial charge in [-0.05, 0) is 50.6 Å². The lowest BCUT2D eigenvalue weighted by atomic mass is 10.1. The van der Waals surface area contributed by atoms with Crippen LogP contribution < -0.4 is 5.32 Å². The largest absolute Gasteiger partial charge is 0.352 e. The van der Waals surface area contributed by atoms with Crippen LogP contribution in [0, 0.1) is 6.92 Å². The first kappa shape index (κ1) is 24.5. The highest BCUT2D eigenvalue weighted by molar-refractivity contribution is 7.14. The Kier molecular flexibility index (Phi) is 9.12. The molecule has 31 heavy (non-hydrogen) atoms. The maximum absolute atomic E-state index is 12.3. The van der Waals surface area contributed by atoms with Gasteiger partial charge in [0, 0.05) is 55.8 Å². The van der Waals surface area contributed by atoms with Crippen LogP contribution in [0.2, 0.25) is 0 Å². The predicted octanol–water partition coefficient (Wildman–Crippen LogP) is 4.17. The SMILES string of the molecule is Cc1ccc(C(=O)CCC(=O)CCC(=O)NCc2ccc(C(=O)N(C)C(C)C)cc2)s1. The molecule has 0 aliphatic rings. The van der Waals surface area contributed by atoms with E-state index in [-0.39, 0.29) is 55.1 Å². The third-order valence-corrected chi connectivity index (χ3v) is 6.10. The minimum atomic E-state index is -0.215. The van der Waals surface area contributed by atoms with Crippen LogP contribution in [-0.2, 0) is 16.1 Å². The minimum absolute atomic E-state index is 0.0302. The number of aryl methyl sites for hydroxylation is 1. The molecule has 1 aromatic carbocycles. The van der Waals surface area contributed by atoms with E-state index in [2.05, 4.69) is 5.32 Å². The zero-order valence-corrected chi connectivity index (χ0v) is 19.4. The Balaban J connectivity index is 1.70. The second-order valence-electron chi connectivity index (χ2n) is 7.86. The average molecular weight is 443 g/mol. The van der Waals surface area contributed by atoms with Gasteiger partial charge in [0.05, 0.1) is 4.88 Å². The highest BCUT2D eigenvalue weighted by Crippen LogP contribution is 2.18. The number of carbonyl (C=O) groups excluding carboxylic acids is 4. The van der Waals surface area contributed by atoms with Crippen molar-refractivity contribution in [1.29, 1.82) is 0 Å². The topological polar surface area (TPSA) is 83.5 Å². The van der Waals surface area contributed by atoms with Crippen molar-refractivity contribution in [2.45, 2.75) is 59.0 Å². The lowest BCUT2D eigenvalue weighted by Crippen LogP contribution is -2.32. The average Bonchev–Trinajstić information content (AvgIpc) is 3.20. The van der Waals surface area contributed by atoms with E-state index >= 15 is 0 Å². The zero-order valence-electron chi connectivity index (χ0n) is 18.6. The molecule has 1 aromatic heterocycles. The van der Waals surface area contributed by atoms with Crippen molar-refractivity contribution in [3.63, 3.8) is 0 Å². The van der Waals surface area contributed by atoms with Gasteiger partial charge in [-0.3, -0.25) is 19.2 Å². The first-order valence-electron chi connectivity index (χ1n) is 10.4. The molecule has 0 spiro atoms. The number of amides is 2. The van der Waals surface area contributed by atoms with E-state index in [0.29, 0.717) is 17.0 Å². The summed E-state index contributed by atoms with van der Waals surface area (Å²) in [5.74, 6) is -0.378. The van der Waals surface area contributed by atoms with Crippen LogP contribution in [0.25, 0.3) is 0 Å². The highest BCUT2D eigenvalue weighted by atomic mass is 32.1. The fraction of sp³-hybridized carbons (Fsp3) is 0.417. The Labute approximate surface area is 187 Å². The molecule has 0 aliphatic carbocycles. The van der Waals surface area contributed by atoms with Gasteiger partial charge in [-0.1, -0.05) is 12.1 Å². The maximum Gasteiger partial charge on any atom is 0.253 e. The smallest absolute Gasteiger partial charge is 0.253 e. The van der Waals surface area contributed by atoms with Crippen molar-refractivity contribution in [2.75, 3.05) is 7.05 Å². The van der Waals surface area contributed by atoms with Crippen LogP contribution in [0.4, 0.5) is 0 Å². The Morgan fingerprint density at radius 3 is 2.16 bits per heavy atom. The van der Waals surface area contributed by atoms with Gasteiger partial charge in [-0.25, -0.2) is 0 Å². The zero-order chi connectivity index (χ0) is 23.0. The highest BCUT2D eigenvalue weighted by Gasteiger charge is 2.15. The van der Waals surface area contributed by atoms with E-state index in [1.54, 1.807) is 30.1 Å². The van der Waals surface area contributed by atoms with Crippen LogP contribution >= 0.6 is 11.3 Å². The van der Waals surface area contributed by atoms with Gasteiger partial charge in [-0.15, -0.1) is 11.3 Å². The van der Waals surface area contributed by atoms with E-state index in [1.165, 1.54) is 11.3 Å². The lowest BCUT2D eigenvalue weighted by molar-refractivity contribution is -0.125. The van der Waals surface area contributed by atoms with Crippen molar-refractivity contribution >= 4 is 34.7 Å². The molecule has 166 valence electrons. The summed E-state index contributed by atoms with van der Waals surface area (Å²) >= 11 is 1.43. The third-order valence-electron chi connectivity index (χ3n) is 5.06. The number of hydrogen-bond acceptors (Lipinski definition) is 5. The molecule has 7 heteroatoms. The molecule has 1 N–H and O–H groups in total. The van der Waals surface area contributed by atoms with Gasteiger partial charge in [0.2, 0.25) is 5.91 Å². The normalized spacial score (nSPS) is 10.7. The van der Waals surface area contributed by atoms with Gasteiger partial charge in [0.25, 0.3) is 5.91 Å². The molecule has 0 saturated carbocycles. The summed E-state index contributed by atoms with van der Waals surface area (Å²) < 4.78 is 0. The van der Waals surface area contributed by atoms with Crippen molar-refractivity contribution in [3.05, 3.63) is 57.3 Å². The number of hydrogen-bond donors (Lipinski definition) is 1. The molecule has 2 aromatic rings. The van der Waals surface area contributed by atoms with Crippen molar-refractivity contribution < 1.29 is 19.2 Å². The van der Waals surface area contributed by atoms with E-state index in [1.807, 2.05) is 39.0 Å². The van der Waals surface area contributed by atoms with Gasteiger partial charge < -0.3 is 10.2 Å². The molecular weight excluding hydrogens is 412 g/mol. The Bertz CT molecular complexity index is 931. The van der Waals surface area contributed by atoms with Gasteiger partial charge >= 0.3 is 0 Å². The van der Waals surface area contributed by atoms with Crippen molar-refractivity contribution in [2.24, 2.45) is 0 Å². The number of rotatable bonds is 11. The van der Waals surface area contributed by atoms with Crippen molar-refractivity contribution in [3.8, 4) is 0 Å². The summed E-state index contributed by atoms with van der Waals surface area (Å²) in [4.78, 5) is 51.8. The van der Waals surface area contributed by atoms with Crippen molar-refractivity contribution in [1.82, 2.24) is 10.2 Å². The first-order chi connectivity index (χ1) is 14.7. The fourth-order valence-corrected chi connectivity index (χ4v) is 3.67. The lowest BCUT2D eigenvalue weighted by Gasteiger charge is -2.21. The van der Waals surface area contributed by atoms with Crippen LogP contribution in [0.3, 0.4) is 0 Å². The summed E-state index contributed by atoms with van der Waals surface area (Å²) in [6, 6.07) is 10.9. The molecule has 0 aliphatic heterocycles. The minimum Gasteiger partial charge on any atom is -0.352 e. The van der Waals surface area contributed by atoms with E-state index in [4.69, 9.17) is 0 Å². The standard InChI is InChI=1S/C24H30N2O4S/c1-16(2)26(4)24(30)19-8-6-18(7-9-19)15-25-23(29)14-11-20(27)10-12-21(28)22-13-5-17(3)31-22/h5-9,13,16H,10-12,14-15H2,1-4H3,(H,25,29). The second-order valence-corrected chi connectivity index (χ2v) is 9.14. The Morgan fingerprint density at radius 1 is 0.935 bits per heavy atom. The predicted molar refractivity (Wildman–Crippen MR) is 122 cm³/mol. The summed E-state index contributed by atoms with van der Waals surface area (Å²) in [7, 11) is 1.77. The molecule has 2 rings (SSSR count). The number of thiophene rings is 1. The maximum atomic E-state index is 12.3. The molecule has 0 unspecified atom stereocenters. The monoisotopic (exact) mass is 442 g/mol.